The first-order valence-electron chi connectivity index (χ1n) is 9.53. The lowest BCUT2D eigenvalue weighted by Gasteiger charge is -2.33. The minimum Gasteiger partial charge on any atom is -0.452 e. The molecule has 1 N–H and O–H groups in total. The molecule has 0 bridgehead atoms. The average Bonchev–Trinajstić information content (AvgIpc) is 2.73. The third kappa shape index (κ3) is 5.10. The van der Waals surface area contributed by atoms with Gasteiger partial charge in [-0.3, -0.25) is 14.9 Å². The molecule has 0 radical (unpaired) electrons. The summed E-state index contributed by atoms with van der Waals surface area (Å²) in [5.74, 6) is -1.01. The van der Waals surface area contributed by atoms with Crippen molar-refractivity contribution in [3.8, 4) is 0 Å². The Balaban J connectivity index is 1.68. The quantitative estimate of drug-likeness (QED) is 0.451. The Labute approximate surface area is 168 Å². The number of rotatable bonds is 6. The van der Waals surface area contributed by atoms with Gasteiger partial charge in [-0.25, -0.2) is 4.79 Å². The molecular formula is C21H23N3O5. The summed E-state index contributed by atoms with van der Waals surface area (Å²) in [5.41, 5.74) is 0.720. The van der Waals surface area contributed by atoms with Crippen LogP contribution >= 0.6 is 0 Å². The van der Waals surface area contributed by atoms with Crippen LogP contribution in [-0.2, 0) is 9.53 Å². The van der Waals surface area contributed by atoms with Crippen LogP contribution in [0.1, 0.15) is 36.5 Å². The van der Waals surface area contributed by atoms with Gasteiger partial charge < -0.3 is 15.0 Å². The van der Waals surface area contributed by atoms with Gasteiger partial charge in [0.1, 0.15) is 5.69 Å². The molecule has 3 rings (SSSR count). The van der Waals surface area contributed by atoms with Crippen molar-refractivity contribution in [2.45, 2.75) is 32.2 Å². The number of piperidine rings is 1. The van der Waals surface area contributed by atoms with Gasteiger partial charge in [0.05, 0.1) is 10.5 Å². The summed E-state index contributed by atoms with van der Waals surface area (Å²) in [6, 6.07) is 13.2. The molecule has 1 atom stereocenters. The molecule has 1 aliphatic rings. The van der Waals surface area contributed by atoms with E-state index in [1.807, 2.05) is 13.0 Å². The number of nitrogens with zero attached hydrogens (tertiary/aromatic N) is 2. The van der Waals surface area contributed by atoms with Crippen LogP contribution in [0, 0.1) is 10.1 Å². The Bertz CT molecular complexity index is 900. The third-order valence-corrected chi connectivity index (χ3v) is 4.93. The van der Waals surface area contributed by atoms with Gasteiger partial charge in [0.2, 0.25) is 0 Å². The van der Waals surface area contributed by atoms with Crippen LogP contribution in [0.5, 0.6) is 0 Å². The van der Waals surface area contributed by atoms with E-state index in [9.17, 15) is 19.7 Å². The van der Waals surface area contributed by atoms with Crippen molar-refractivity contribution in [3.05, 3.63) is 64.2 Å². The lowest BCUT2D eigenvalue weighted by atomic mass is 10.0. The molecule has 1 saturated heterocycles. The Morgan fingerprint density at radius 1 is 1.21 bits per heavy atom. The Kier molecular flexibility index (Phi) is 6.43. The maximum atomic E-state index is 12.3. The fraction of sp³-hybridized carbons (Fsp3) is 0.333. The highest BCUT2D eigenvalue weighted by Crippen LogP contribution is 2.29. The van der Waals surface area contributed by atoms with E-state index in [0.29, 0.717) is 12.2 Å². The number of benzene rings is 2. The monoisotopic (exact) mass is 397 g/mol. The van der Waals surface area contributed by atoms with Crippen molar-refractivity contribution in [1.29, 1.82) is 0 Å². The van der Waals surface area contributed by atoms with Gasteiger partial charge in [-0.15, -0.1) is 0 Å². The normalized spacial score (nSPS) is 16.2. The molecule has 0 aromatic heterocycles. The van der Waals surface area contributed by atoms with E-state index < -0.39 is 10.9 Å². The summed E-state index contributed by atoms with van der Waals surface area (Å²) < 4.78 is 5.11. The highest BCUT2D eigenvalue weighted by atomic mass is 16.6. The van der Waals surface area contributed by atoms with E-state index >= 15 is 0 Å². The van der Waals surface area contributed by atoms with Gasteiger partial charge >= 0.3 is 5.97 Å². The zero-order valence-corrected chi connectivity index (χ0v) is 16.2. The summed E-state index contributed by atoms with van der Waals surface area (Å²) in [5, 5.41) is 14.4. The number of hydrogen-bond acceptors (Lipinski definition) is 6. The SMILES string of the molecule is C[C@H]1CCCCN1C(=O)COC(=O)c1ccc(Nc2ccccc2)c([N+](=O)[O-])c1. The molecule has 1 aliphatic heterocycles. The van der Waals surface area contributed by atoms with E-state index in [-0.39, 0.29) is 35.5 Å². The number of para-hydroxylation sites is 1. The number of nitro groups is 1. The minimum absolute atomic E-state index is 0.0230. The Hall–Kier alpha value is -3.42. The first kappa shape index (κ1) is 20.3. The summed E-state index contributed by atoms with van der Waals surface area (Å²) >= 11 is 0. The highest BCUT2D eigenvalue weighted by molar-refractivity contribution is 5.93. The van der Waals surface area contributed by atoms with Crippen LogP contribution in [0.4, 0.5) is 17.1 Å². The van der Waals surface area contributed by atoms with Gasteiger partial charge in [-0.05, 0) is 50.5 Å². The first-order valence-corrected chi connectivity index (χ1v) is 9.53. The molecule has 2 aromatic carbocycles. The third-order valence-electron chi connectivity index (χ3n) is 4.93. The van der Waals surface area contributed by atoms with E-state index in [1.165, 1.54) is 12.1 Å². The number of amides is 1. The lowest BCUT2D eigenvalue weighted by Crippen LogP contribution is -2.44. The molecule has 0 aliphatic carbocycles. The molecule has 8 heteroatoms. The van der Waals surface area contributed by atoms with Gasteiger partial charge in [0, 0.05) is 24.3 Å². The number of nitro benzene ring substituents is 1. The zero-order chi connectivity index (χ0) is 20.8. The molecule has 0 unspecified atom stereocenters. The molecule has 29 heavy (non-hydrogen) atoms. The molecule has 152 valence electrons. The molecular weight excluding hydrogens is 374 g/mol. The fourth-order valence-corrected chi connectivity index (χ4v) is 3.35. The molecule has 0 spiro atoms. The van der Waals surface area contributed by atoms with Crippen LogP contribution < -0.4 is 5.32 Å². The predicted octanol–water partition coefficient (Wildman–Crippen LogP) is 3.90. The maximum Gasteiger partial charge on any atom is 0.338 e. The number of carbonyl (C=O) groups is 2. The summed E-state index contributed by atoms with van der Waals surface area (Å²) in [6.45, 7) is 2.25. The zero-order valence-electron chi connectivity index (χ0n) is 16.2. The number of anilines is 2. The summed E-state index contributed by atoms with van der Waals surface area (Å²) in [6.07, 6.45) is 2.95. The van der Waals surface area contributed by atoms with Crippen LogP contribution in [-0.4, -0.2) is 40.9 Å². The number of esters is 1. The number of ether oxygens (including phenoxy) is 1. The van der Waals surface area contributed by atoms with Crippen molar-refractivity contribution in [3.63, 3.8) is 0 Å². The second-order valence-corrected chi connectivity index (χ2v) is 6.99. The van der Waals surface area contributed by atoms with Crippen molar-refractivity contribution in [2.24, 2.45) is 0 Å². The van der Waals surface area contributed by atoms with Crippen LogP contribution in [0.15, 0.2) is 48.5 Å². The lowest BCUT2D eigenvalue weighted by molar-refractivity contribution is -0.383. The van der Waals surface area contributed by atoms with Gasteiger partial charge in [0.15, 0.2) is 6.61 Å². The van der Waals surface area contributed by atoms with E-state index in [2.05, 4.69) is 5.32 Å². The van der Waals surface area contributed by atoms with Gasteiger partial charge in [0.25, 0.3) is 11.6 Å². The molecule has 1 amide bonds. The predicted molar refractivity (Wildman–Crippen MR) is 108 cm³/mol. The second-order valence-electron chi connectivity index (χ2n) is 6.99. The number of likely N-dealkylation sites (tertiary alicyclic amines) is 1. The van der Waals surface area contributed by atoms with E-state index in [1.54, 1.807) is 29.2 Å². The topological polar surface area (TPSA) is 102 Å². The van der Waals surface area contributed by atoms with Crippen molar-refractivity contribution in [2.75, 3.05) is 18.5 Å². The summed E-state index contributed by atoms with van der Waals surface area (Å²) in [7, 11) is 0. The molecule has 2 aromatic rings. The van der Waals surface area contributed by atoms with Crippen LogP contribution in [0.25, 0.3) is 0 Å². The number of nitrogens with one attached hydrogen (secondary N) is 1. The number of carbonyl (C=O) groups excluding carboxylic acids is 2. The van der Waals surface area contributed by atoms with Crippen molar-refractivity contribution in [1.82, 2.24) is 4.90 Å². The standard InChI is InChI=1S/C21H23N3O5/c1-15-7-5-6-12-23(15)20(25)14-29-21(26)16-10-11-18(19(13-16)24(27)28)22-17-8-3-2-4-9-17/h2-4,8-11,13,15,22H,5-7,12,14H2,1H3/t15-/m0/s1. The van der Waals surface area contributed by atoms with E-state index in [0.717, 1.165) is 25.3 Å². The minimum atomic E-state index is -0.766. The molecule has 1 heterocycles. The van der Waals surface area contributed by atoms with Gasteiger partial charge in [-0.1, -0.05) is 18.2 Å². The second kappa shape index (κ2) is 9.18. The van der Waals surface area contributed by atoms with Crippen LogP contribution in [0.2, 0.25) is 0 Å². The molecule has 0 saturated carbocycles. The Morgan fingerprint density at radius 2 is 1.97 bits per heavy atom. The van der Waals surface area contributed by atoms with Crippen LogP contribution in [0.3, 0.4) is 0 Å². The number of hydrogen-bond donors (Lipinski definition) is 1. The van der Waals surface area contributed by atoms with Gasteiger partial charge in [-0.2, -0.15) is 0 Å². The maximum absolute atomic E-state index is 12.3. The molecule has 8 nitrogen and oxygen atoms in total. The summed E-state index contributed by atoms with van der Waals surface area (Å²) in [4.78, 5) is 37.2. The average molecular weight is 397 g/mol. The molecule has 1 fully saturated rings. The smallest absolute Gasteiger partial charge is 0.338 e. The highest BCUT2D eigenvalue weighted by Gasteiger charge is 2.25. The fourth-order valence-electron chi connectivity index (χ4n) is 3.35. The van der Waals surface area contributed by atoms with E-state index in [4.69, 9.17) is 4.74 Å². The first-order chi connectivity index (χ1) is 14.0. The largest absolute Gasteiger partial charge is 0.452 e. The Morgan fingerprint density at radius 3 is 2.66 bits per heavy atom. The van der Waals surface area contributed by atoms with Crippen molar-refractivity contribution >= 4 is 28.9 Å². The van der Waals surface area contributed by atoms with Crippen molar-refractivity contribution < 1.29 is 19.2 Å².